The second-order valence-electron chi connectivity index (χ2n) is 12.2. The summed E-state index contributed by atoms with van der Waals surface area (Å²) in [7, 11) is 3.52. The normalized spacial score (nSPS) is 17.5. The first kappa shape index (κ1) is 27.6. The van der Waals surface area contributed by atoms with E-state index in [4.69, 9.17) is 9.97 Å². The van der Waals surface area contributed by atoms with Crippen molar-refractivity contribution in [2.24, 2.45) is 0 Å². The van der Waals surface area contributed by atoms with Gasteiger partial charge in [0, 0.05) is 76.3 Å². The number of fused-ring (bicyclic) bond motifs is 2. The lowest BCUT2D eigenvalue weighted by Gasteiger charge is -2.37. The molecule has 0 spiro atoms. The molecule has 0 saturated carbocycles. The van der Waals surface area contributed by atoms with Crippen molar-refractivity contribution in [3.63, 3.8) is 0 Å². The van der Waals surface area contributed by atoms with E-state index in [9.17, 15) is 9.90 Å². The van der Waals surface area contributed by atoms with Crippen molar-refractivity contribution in [3.8, 4) is 22.4 Å². The summed E-state index contributed by atoms with van der Waals surface area (Å²) in [5.41, 5.74) is 9.80. The molecule has 2 aromatic carbocycles. The number of aromatic amines is 1. The van der Waals surface area contributed by atoms with Gasteiger partial charge in [-0.15, -0.1) is 0 Å². The van der Waals surface area contributed by atoms with Gasteiger partial charge in [-0.3, -0.25) is 9.69 Å². The summed E-state index contributed by atoms with van der Waals surface area (Å²) in [6.07, 6.45) is 6.57. The maximum atomic E-state index is 12.3. The molecule has 4 aromatic rings. The first-order chi connectivity index (χ1) is 19.7. The first-order valence-corrected chi connectivity index (χ1v) is 14.6. The quantitative estimate of drug-likeness (QED) is 0.366. The highest BCUT2D eigenvalue weighted by Crippen LogP contribution is 2.32. The molecule has 2 N–H and O–H groups in total. The Balaban J connectivity index is 1.21. The average molecular weight is 553 g/mol. The fourth-order valence-corrected chi connectivity index (χ4v) is 6.16. The van der Waals surface area contributed by atoms with Crippen molar-refractivity contribution in [3.05, 3.63) is 71.0 Å². The molecule has 2 aromatic heterocycles. The molecule has 8 heteroatoms. The summed E-state index contributed by atoms with van der Waals surface area (Å²) in [5.74, 6) is -0.0142. The maximum Gasteiger partial charge on any atom is 0.253 e. The van der Waals surface area contributed by atoms with Crippen LogP contribution in [0.4, 0.5) is 0 Å². The Kier molecular flexibility index (Phi) is 7.40. The molecule has 0 bridgehead atoms. The van der Waals surface area contributed by atoms with E-state index in [-0.39, 0.29) is 5.91 Å². The van der Waals surface area contributed by atoms with Crippen molar-refractivity contribution < 1.29 is 9.90 Å². The molecular formula is C33H40N6O2. The fourth-order valence-electron chi connectivity index (χ4n) is 6.16. The Morgan fingerprint density at radius 1 is 1.05 bits per heavy atom. The Bertz CT molecular complexity index is 1560. The minimum atomic E-state index is -0.501. The standard InChI is InChI=1S/C33H40N6O2/c1-22-17-25(18-26-21-39(12-9-27(22)26)16-15-38-13-10-33(2,41)11-14-38)29-20-35-31-30(36-29)28(19-34-31)23-5-7-24(8-6-23)32(40)37(3)4/h5-8,17-20,41H,9-16,21H2,1-4H3,(H,34,35). The molecule has 2 aliphatic heterocycles. The van der Waals surface area contributed by atoms with Gasteiger partial charge in [0.1, 0.15) is 5.52 Å². The van der Waals surface area contributed by atoms with E-state index in [2.05, 4.69) is 33.8 Å². The van der Waals surface area contributed by atoms with Crippen LogP contribution < -0.4 is 0 Å². The van der Waals surface area contributed by atoms with Crippen molar-refractivity contribution in [2.45, 2.75) is 45.3 Å². The summed E-state index contributed by atoms with van der Waals surface area (Å²) in [5, 5.41) is 10.3. The molecule has 0 aliphatic carbocycles. The maximum absolute atomic E-state index is 12.3. The van der Waals surface area contributed by atoms with Gasteiger partial charge in [-0.2, -0.15) is 0 Å². The van der Waals surface area contributed by atoms with Crippen molar-refractivity contribution in [2.75, 3.05) is 46.8 Å². The molecule has 1 saturated heterocycles. The molecule has 0 radical (unpaired) electrons. The summed E-state index contributed by atoms with van der Waals surface area (Å²) in [6, 6.07) is 12.2. The number of rotatable bonds is 6. The van der Waals surface area contributed by atoms with Gasteiger partial charge in [-0.05, 0) is 79.6 Å². The van der Waals surface area contributed by atoms with Gasteiger partial charge in [0.15, 0.2) is 5.65 Å². The fraction of sp³-hybridized carbons (Fsp3) is 0.424. The number of H-pyrrole nitrogens is 1. The predicted molar refractivity (Wildman–Crippen MR) is 163 cm³/mol. The van der Waals surface area contributed by atoms with Crippen LogP contribution in [-0.2, 0) is 13.0 Å². The summed E-state index contributed by atoms with van der Waals surface area (Å²) in [4.78, 5) is 32.0. The van der Waals surface area contributed by atoms with E-state index in [0.717, 1.165) is 92.1 Å². The number of nitrogens with one attached hydrogen (secondary N) is 1. The monoisotopic (exact) mass is 552 g/mol. The van der Waals surface area contributed by atoms with E-state index < -0.39 is 5.60 Å². The predicted octanol–water partition coefficient (Wildman–Crippen LogP) is 4.51. The molecule has 214 valence electrons. The lowest BCUT2D eigenvalue weighted by molar-refractivity contribution is -0.00730. The van der Waals surface area contributed by atoms with Gasteiger partial charge in [0.2, 0.25) is 0 Å². The van der Waals surface area contributed by atoms with Crippen LogP contribution >= 0.6 is 0 Å². The van der Waals surface area contributed by atoms with Crippen LogP contribution in [-0.4, -0.2) is 93.1 Å². The zero-order valence-electron chi connectivity index (χ0n) is 24.6. The summed E-state index contributed by atoms with van der Waals surface area (Å²) >= 11 is 0. The topological polar surface area (TPSA) is 88.6 Å². The minimum absolute atomic E-state index is 0.0142. The first-order valence-electron chi connectivity index (χ1n) is 14.6. The number of aryl methyl sites for hydroxylation is 1. The molecule has 41 heavy (non-hydrogen) atoms. The van der Waals surface area contributed by atoms with Crippen LogP contribution in [0.25, 0.3) is 33.5 Å². The number of carbonyl (C=O) groups excluding carboxylic acids is 1. The van der Waals surface area contributed by atoms with Gasteiger partial charge in [-0.25, -0.2) is 9.97 Å². The highest BCUT2D eigenvalue weighted by Gasteiger charge is 2.28. The Morgan fingerprint density at radius 3 is 2.51 bits per heavy atom. The number of amides is 1. The molecule has 2 aliphatic rings. The molecule has 0 atom stereocenters. The molecular weight excluding hydrogens is 512 g/mol. The number of aromatic nitrogens is 3. The van der Waals surface area contributed by atoms with Crippen molar-refractivity contribution in [1.82, 2.24) is 29.7 Å². The van der Waals surface area contributed by atoms with E-state index in [1.165, 1.54) is 16.7 Å². The van der Waals surface area contributed by atoms with Gasteiger partial charge in [0.05, 0.1) is 17.5 Å². The molecule has 1 amide bonds. The molecule has 8 nitrogen and oxygen atoms in total. The Labute approximate surface area is 242 Å². The van der Waals surface area contributed by atoms with Crippen LogP contribution in [0.3, 0.4) is 0 Å². The van der Waals surface area contributed by atoms with E-state index in [1.54, 1.807) is 19.0 Å². The van der Waals surface area contributed by atoms with E-state index in [1.807, 2.05) is 43.6 Å². The SMILES string of the molecule is Cc1cc(-c2cnc3[nH]cc(-c4ccc(C(=O)N(C)C)cc4)c3n2)cc2c1CCN(CCN1CCC(C)(O)CC1)C2. The lowest BCUT2D eigenvalue weighted by Crippen LogP contribution is -2.45. The molecule has 1 fully saturated rings. The van der Waals surface area contributed by atoms with Crippen LogP contribution in [0.15, 0.2) is 48.8 Å². The highest BCUT2D eigenvalue weighted by atomic mass is 16.3. The highest BCUT2D eigenvalue weighted by molar-refractivity contribution is 5.96. The van der Waals surface area contributed by atoms with Crippen LogP contribution in [0.2, 0.25) is 0 Å². The average Bonchev–Trinajstić information content (AvgIpc) is 3.39. The Hall–Kier alpha value is -3.59. The number of aliphatic hydroxyl groups is 1. The van der Waals surface area contributed by atoms with Crippen LogP contribution in [0.1, 0.15) is 46.8 Å². The van der Waals surface area contributed by atoms with E-state index in [0.29, 0.717) is 5.56 Å². The second kappa shape index (κ2) is 11.0. The number of likely N-dealkylation sites (tertiary alicyclic amines) is 1. The smallest absolute Gasteiger partial charge is 0.253 e. The number of hydrogen-bond donors (Lipinski definition) is 2. The largest absolute Gasteiger partial charge is 0.390 e. The molecule has 0 unspecified atom stereocenters. The second-order valence-corrected chi connectivity index (χ2v) is 12.2. The summed E-state index contributed by atoms with van der Waals surface area (Å²) < 4.78 is 0. The van der Waals surface area contributed by atoms with Gasteiger partial charge < -0.3 is 19.9 Å². The van der Waals surface area contributed by atoms with Crippen LogP contribution in [0, 0.1) is 6.92 Å². The number of hydrogen-bond acceptors (Lipinski definition) is 6. The third-order valence-electron chi connectivity index (χ3n) is 8.83. The number of nitrogens with zero attached hydrogens (tertiary/aromatic N) is 5. The number of piperidine rings is 1. The minimum Gasteiger partial charge on any atom is -0.390 e. The van der Waals surface area contributed by atoms with Gasteiger partial charge in [-0.1, -0.05) is 12.1 Å². The van der Waals surface area contributed by atoms with Crippen LogP contribution in [0.5, 0.6) is 0 Å². The summed E-state index contributed by atoms with van der Waals surface area (Å²) in [6.45, 7) is 10.2. The molecule has 4 heterocycles. The number of carbonyl (C=O) groups is 1. The Morgan fingerprint density at radius 2 is 1.78 bits per heavy atom. The molecule has 6 rings (SSSR count). The zero-order chi connectivity index (χ0) is 28.7. The number of benzene rings is 2. The van der Waals surface area contributed by atoms with E-state index >= 15 is 0 Å². The third-order valence-corrected chi connectivity index (χ3v) is 8.83. The van der Waals surface area contributed by atoms with Crippen molar-refractivity contribution >= 4 is 17.1 Å². The van der Waals surface area contributed by atoms with Gasteiger partial charge >= 0.3 is 0 Å². The van der Waals surface area contributed by atoms with Gasteiger partial charge in [0.25, 0.3) is 5.91 Å². The third kappa shape index (κ3) is 5.77. The lowest BCUT2D eigenvalue weighted by atomic mass is 9.92. The zero-order valence-corrected chi connectivity index (χ0v) is 24.6. The van der Waals surface area contributed by atoms with Crippen molar-refractivity contribution in [1.29, 1.82) is 0 Å².